The van der Waals surface area contributed by atoms with Crippen LogP contribution in [-0.4, -0.2) is 31.2 Å². The van der Waals surface area contributed by atoms with Gasteiger partial charge in [-0.25, -0.2) is 4.98 Å². The number of benzene rings is 3. The monoisotopic (exact) mass is 385 g/mol. The maximum absolute atomic E-state index is 13.2. The fraction of sp³-hybridized carbons (Fsp3) is 0.250. The maximum atomic E-state index is 13.2. The van der Waals surface area contributed by atoms with Gasteiger partial charge in [0, 0.05) is 31.9 Å². The number of hydrogen-bond donors (Lipinski definition) is 1. The molecule has 0 saturated carbocycles. The molecular formula is C24H23N3O2. The van der Waals surface area contributed by atoms with E-state index in [1.807, 2.05) is 43.3 Å². The first-order valence-corrected chi connectivity index (χ1v) is 10.0. The lowest BCUT2D eigenvalue weighted by Gasteiger charge is -2.30. The Labute approximate surface area is 169 Å². The third-order valence-electron chi connectivity index (χ3n) is 5.68. The predicted octanol–water partition coefficient (Wildman–Crippen LogP) is 3.99. The summed E-state index contributed by atoms with van der Waals surface area (Å²) < 4.78 is 6.19. The van der Waals surface area contributed by atoms with Gasteiger partial charge in [0.1, 0.15) is 11.2 Å². The van der Waals surface area contributed by atoms with Gasteiger partial charge < -0.3 is 14.6 Å². The summed E-state index contributed by atoms with van der Waals surface area (Å²) in [5, 5.41) is 3.38. The summed E-state index contributed by atoms with van der Waals surface area (Å²) >= 11 is 0. The molecule has 146 valence electrons. The summed E-state index contributed by atoms with van der Waals surface area (Å²) in [6.07, 6.45) is 0. The Morgan fingerprint density at radius 1 is 1.00 bits per heavy atom. The van der Waals surface area contributed by atoms with E-state index in [1.54, 1.807) is 0 Å². The van der Waals surface area contributed by atoms with Crippen LogP contribution >= 0.6 is 0 Å². The summed E-state index contributed by atoms with van der Waals surface area (Å²) in [5.74, 6) is 0.553. The number of nitrogens with one attached hydrogen (secondary N) is 1. The zero-order chi connectivity index (χ0) is 20.0. The number of anilines is 1. The average molecular weight is 385 g/mol. The highest BCUT2D eigenvalue weighted by Gasteiger charge is 2.22. The van der Waals surface area contributed by atoms with Gasteiger partial charge in [0.15, 0.2) is 16.8 Å². The maximum Gasteiger partial charge on any atom is 0.193 e. The largest absolute Gasteiger partial charge is 0.452 e. The van der Waals surface area contributed by atoms with Crippen molar-refractivity contribution in [2.24, 2.45) is 0 Å². The van der Waals surface area contributed by atoms with Crippen LogP contribution in [-0.2, 0) is 0 Å². The van der Waals surface area contributed by atoms with Crippen LogP contribution in [0, 0.1) is 13.8 Å². The van der Waals surface area contributed by atoms with Crippen molar-refractivity contribution < 1.29 is 4.42 Å². The molecule has 1 aliphatic carbocycles. The first-order valence-electron chi connectivity index (χ1n) is 10.0. The average Bonchev–Trinajstić information content (AvgIpc) is 2.75. The summed E-state index contributed by atoms with van der Waals surface area (Å²) in [7, 11) is 0. The highest BCUT2D eigenvalue weighted by molar-refractivity contribution is 5.86. The van der Waals surface area contributed by atoms with E-state index in [2.05, 4.69) is 29.3 Å². The van der Waals surface area contributed by atoms with Gasteiger partial charge >= 0.3 is 0 Å². The standard InChI is InChI=1S/C24H23N3O2/c1-15-13-17(27-11-9-25-10-12-27)7-8-18(15)22-23(28)16(2)14-20-24(22)29-21-6-4-3-5-19(21)26-20/h3-8,13-14,25H,9-12H2,1-2H3. The minimum Gasteiger partial charge on any atom is -0.452 e. The summed E-state index contributed by atoms with van der Waals surface area (Å²) in [6.45, 7) is 7.86. The molecule has 5 rings (SSSR count). The molecule has 0 aromatic heterocycles. The van der Waals surface area contributed by atoms with Crippen LogP contribution in [0.2, 0.25) is 0 Å². The molecule has 5 heteroatoms. The van der Waals surface area contributed by atoms with Crippen molar-refractivity contribution in [1.29, 1.82) is 0 Å². The van der Waals surface area contributed by atoms with Crippen LogP contribution in [0.25, 0.3) is 33.7 Å². The second kappa shape index (κ2) is 7.01. The van der Waals surface area contributed by atoms with Crippen LogP contribution in [0.15, 0.2) is 57.7 Å². The van der Waals surface area contributed by atoms with Crippen molar-refractivity contribution in [1.82, 2.24) is 10.3 Å². The minimum absolute atomic E-state index is 0.00338. The fourth-order valence-corrected chi connectivity index (χ4v) is 4.12. The molecule has 1 fully saturated rings. The molecule has 0 radical (unpaired) electrons. The number of rotatable bonds is 2. The van der Waals surface area contributed by atoms with Crippen LogP contribution in [0.5, 0.6) is 0 Å². The number of nitrogens with zero attached hydrogens (tertiary/aromatic N) is 2. The van der Waals surface area contributed by atoms with Gasteiger partial charge in [-0.05, 0) is 60.9 Å². The fourth-order valence-electron chi connectivity index (χ4n) is 4.12. The van der Waals surface area contributed by atoms with Crippen LogP contribution in [0.4, 0.5) is 5.69 Å². The molecule has 29 heavy (non-hydrogen) atoms. The number of aromatic nitrogens is 1. The third-order valence-corrected chi connectivity index (χ3v) is 5.68. The molecule has 5 nitrogen and oxygen atoms in total. The van der Waals surface area contributed by atoms with Crippen LogP contribution in [0.1, 0.15) is 11.1 Å². The molecule has 0 atom stereocenters. The highest BCUT2D eigenvalue weighted by Crippen LogP contribution is 2.35. The molecule has 1 saturated heterocycles. The van der Waals surface area contributed by atoms with Crippen molar-refractivity contribution in [3.8, 4) is 22.6 Å². The lowest BCUT2D eigenvalue weighted by Crippen LogP contribution is -2.43. The predicted molar refractivity (Wildman–Crippen MR) is 117 cm³/mol. The van der Waals surface area contributed by atoms with E-state index in [0.29, 0.717) is 28.2 Å². The quantitative estimate of drug-likeness (QED) is 0.529. The first kappa shape index (κ1) is 17.9. The van der Waals surface area contributed by atoms with Gasteiger partial charge in [-0.15, -0.1) is 0 Å². The SMILES string of the molecule is Cc1cc(N2CCNCC2)ccc1-c1c2oc3ccccc3nc-2cc(C)c1=O. The van der Waals surface area contributed by atoms with E-state index in [1.165, 1.54) is 5.69 Å². The lowest BCUT2D eigenvalue weighted by molar-refractivity contribution is 0.589. The van der Waals surface area contributed by atoms with Crippen LogP contribution < -0.4 is 15.6 Å². The smallest absolute Gasteiger partial charge is 0.193 e. The van der Waals surface area contributed by atoms with Gasteiger partial charge in [-0.1, -0.05) is 18.2 Å². The summed E-state index contributed by atoms with van der Waals surface area (Å²) in [4.78, 5) is 20.3. The van der Waals surface area contributed by atoms with Crippen molar-refractivity contribution >= 4 is 16.8 Å². The molecule has 0 spiro atoms. The Hall–Kier alpha value is -3.18. The van der Waals surface area contributed by atoms with Crippen molar-refractivity contribution in [2.45, 2.75) is 13.8 Å². The van der Waals surface area contributed by atoms with Gasteiger partial charge in [0.05, 0.1) is 5.56 Å². The number of hydrogen-bond acceptors (Lipinski definition) is 5. The second-order valence-electron chi connectivity index (χ2n) is 7.66. The second-order valence-corrected chi connectivity index (χ2v) is 7.66. The van der Waals surface area contributed by atoms with E-state index in [0.717, 1.165) is 42.8 Å². The molecule has 0 unspecified atom stereocenters. The Kier molecular flexibility index (Phi) is 4.32. The molecule has 2 aromatic carbocycles. The van der Waals surface area contributed by atoms with E-state index >= 15 is 0 Å². The zero-order valence-corrected chi connectivity index (χ0v) is 16.7. The van der Waals surface area contributed by atoms with Gasteiger partial charge in [0.25, 0.3) is 0 Å². The van der Waals surface area contributed by atoms with E-state index < -0.39 is 0 Å². The van der Waals surface area contributed by atoms with Crippen molar-refractivity contribution in [3.63, 3.8) is 0 Å². The normalized spacial score (nSPS) is 14.6. The highest BCUT2D eigenvalue weighted by atomic mass is 16.3. The summed E-state index contributed by atoms with van der Waals surface area (Å²) in [5.41, 5.74) is 6.61. The minimum atomic E-state index is -0.00338. The topological polar surface area (TPSA) is 58.4 Å². The number of para-hydroxylation sites is 2. The summed E-state index contributed by atoms with van der Waals surface area (Å²) in [6, 6.07) is 15.8. The molecule has 3 aliphatic rings. The van der Waals surface area contributed by atoms with Gasteiger partial charge in [-0.2, -0.15) is 0 Å². The first-order chi connectivity index (χ1) is 14.1. The van der Waals surface area contributed by atoms with Crippen molar-refractivity contribution in [3.05, 3.63) is 69.9 Å². The van der Waals surface area contributed by atoms with Crippen molar-refractivity contribution in [2.75, 3.05) is 31.1 Å². The van der Waals surface area contributed by atoms with E-state index in [-0.39, 0.29) is 5.43 Å². The Morgan fingerprint density at radius 2 is 1.79 bits per heavy atom. The van der Waals surface area contributed by atoms with Gasteiger partial charge in [-0.3, -0.25) is 4.79 Å². The molecule has 1 N–H and O–H groups in total. The number of piperazine rings is 1. The molecule has 2 heterocycles. The number of aryl methyl sites for hydroxylation is 2. The Bertz CT molecular complexity index is 1240. The van der Waals surface area contributed by atoms with Crippen LogP contribution in [0.3, 0.4) is 0 Å². The molecular weight excluding hydrogens is 362 g/mol. The Balaban J connectivity index is 1.71. The Morgan fingerprint density at radius 3 is 2.59 bits per heavy atom. The molecule has 0 amide bonds. The molecule has 2 aromatic rings. The number of fused-ring (bicyclic) bond motifs is 2. The molecule has 0 bridgehead atoms. The van der Waals surface area contributed by atoms with E-state index in [4.69, 9.17) is 9.40 Å². The molecule has 2 aliphatic heterocycles. The third kappa shape index (κ3) is 3.08. The lowest BCUT2D eigenvalue weighted by atomic mass is 9.94. The van der Waals surface area contributed by atoms with E-state index in [9.17, 15) is 4.79 Å². The zero-order valence-electron chi connectivity index (χ0n) is 16.7. The van der Waals surface area contributed by atoms with Gasteiger partial charge in [0.2, 0.25) is 0 Å².